The summed E-state index contributed by atoms with van der Waals surface area (Å²) in [6, 6.07) is 11.6. The third kappa shape index (κ3) is 4.62. The van der Waals surface area contributed by atoms with E-state index in [0.29, 0.717) is 11.5 Å². The summed E-state index contributed by atoms with van der Waals surface area (Å²) in [7, 11) is 3.14. The number of rotatable bonds is 6. The maximum Gasteiger partial charge on any atom is 0.331 e. The molecule has 0 amide bonds. The van der Waals surface area contributed by atoms with Crippen LogP contribution in [0.3, 0.4) is 0 Å². The first kappa shape index (κ1) is 17.6. The number of benzene rings is 2. The summed E-state index contributed by atoms with van der Waals surface area (Å²) < 4.78 is 15.9. The van der Waals surface area contributed by atoms with Crippen LogP contribution in [0.15, 0.2) is 42.5 Å². The molecule has 0 bridgehead atoms. The first-order valence-electron chi connectivity index (χ1n) is 7.66. The van der Waals surface area contributed by atoms with Gasteiger partial charge >= 0.3 is 5.97 Å². The summed E-state index contributed by atoms with van der Waals surface area (Å²) in [5.41, 5.74) is 4.03. The van der Waals surface area contributed by atoms with E-state index in [2.05, 4.69) is 6.07 Å². The van der Waals surface area contributed by atoms with Crippen LogP contribution >= 0.6 is 0 Å². The van der Waals surface area contributed by atoms with Gasteiger partial charge in [-0.1, -0.05) is 41.5 Å². The highest BCUT2D eigenvalue weighted by Gasteiger charge is 2.07. The molecule has 0 saturated carbocycles. The van der Waals surface area contributed by atoms with Crippen molar-refractivity contribution >= 4 is 12.0 Å². The Bertz CT molecular complexity index is 727. The summed E-state index contributed by atoms with van der Waals surface area (Å²) in [5, 5.41) is 0. The van der Waals surface area contributed by atoms with Crippen molar-refractivity contribution in [2.75, 3.05) is 14.2 Å². The molecule has 0 aliphatic heterocycles. The highest BCUT2D eigenvalue weighted by Crippen LogP contribution is 2.31. The molecular weight excluding hydrogens is 304 g/mol. The van der Waals surface area contributed by atoms with Gasteiger partial charge in [-0.25, -0.2) is 4.79 Å². The maximum atomic E-state index is 11.9. The molecule has 24 heavy (non-hydrogen) atoms. The van der Waals surface area contributed by atoms with Crippen molar-refractivity contribution in [3.05, 3.63) is 64.7 Å². The highest BCUT2D eigenvalue weighted by atomic mass is 16.5. The number of hydrogen-bond acceptors (Lipinski definition) is 4. The maximum absolute atomic E-state index is 11.9. The zero-order valence-corrected chi connectivity index (χ0v) is 14.5. The predicted octanol–water partition coefficient (Wildman–Crippen LogP) is 4.08. The number of ether oxygens (including phenoxy) is 3. The Morgan fingerprint density at radius 1 is 1.04 bits per heavy atom. The van der Waals surface area contributed by atoms with Crippen molar-refractivity contribution in [1.29, 1.82) is 0 Å². The minimum Gasteiger partial charge on any atom is -0.493 e. The van der Waals surface area contributed by atoms with Crippen molar-refractivity contribution in [2.24, 2.45) is 0 Å². The van der Waals surface area contributed by atoms with Crippen molar-refractivity contribution in [3.8, 4) is 11.5 Å². The predicted molar refractivity (Wildman–Crippen MR) is 94.3 cm³/mol. The molecule has 0 aliphatic rings. The summed E-state index contributed by atoms with van der Waals surface area (Å²) in [6.07, 6.45) is 3.05. The molecule has 2 aromatic rings. The Balaban J connectivity index is 2.03. The molecule has 2 rings (SSSR count). The van der Waals surface area contributed by atoms with Crippen molar-refractivity contribution in [2.45, 2.75) is 20.5 Å². The molecular formula is C20H22O4. The standard InChI is InChI=1S/C20H22O4/c1-14-10-15(2)12-16(11-14)13-24-19(21)9-8-17-6-5-7-18(22-3)20(17)23-4/h5-12H,13H2,1-4H3/b9-8+. The normalized spacial score (nSPS) is 10.7. The van der Waals surface area contributed by atoms with E-state index in [0.717, 1.165) is 22.3 Å². The van der Waals surface area contributed by atoms with Crippen LogP contribution in [0.25, 0.3) is 6.08 Å². The van der Waals surface area contributed by atoms with E-state index in [1.165, 1.54) is 6.08 Å². The lowest BCUT2D eigenvalue weighted by Crippen LogP contribution is -2.01. The van der Waals surface area contributed by atoms with Gasteiger partial charge in [-0.05, 0) is 31.6 Å². The Morgan fingerprint density at radius 3 is 2.38 bits per heavy atom. The fourth-order valence-corrected chi connectivity index (χ4v) is 2.56. The van der Waals surface area contributed by atoms with Crippen LogP contribution in [0, 0.1) is 13.8 Å². The van der Waals surface area contributed by atoms with E-state index in [4.69, 9.17) is 14.2 Å². The van der Waals surface area contributed by atoms with Gasteiger partial charge in [-0.2, -0.15) is 0 Å². The van der Waals surface area contributed by atoms with Gasteiger partial charge in [0.15, 0.2) is 11.5 Å². The van der Waals surface area contributed by atoms with E-state index in [9.17, 15) is 4.79 Å². The van der Waals surface area contributed by atoms with E-state index in [1.54, 1.807) is 26.4 Å². The van der Waals surface area contributed by atoms with Crippen LogP contribution in [0.1, 0.15) is 22.3 Å². The highest BCUT2D eigenvalue weighted by molar-refractivity contribution is 5.87. The number of aryl methyl sites for hydroxylation is 2. The number of carbonyl (C=O) groups is 1. The van der Waals surface area contributed by atoms with Gasteiger partial charge in [0.2, 0.25) is 0 Å². The zero-order valence-electron chi connectivity index (χ0n) is 14.5. The molecule has 0 unspecified atom stereocenters. The number of hydrogen-bond donors (Lipinski definition) is 0. The lowest BCUT2D eigenvalue weighted by molar-refractivity contribution is -0.138. The Hall–Kier alpha value is -2.75. The van der Waals surface area contributed by atoms with Crippen molar-refractivity contribution in [3.63, 3.8) is 0 Å². The zero-order chi connectivity index (χ0) is 17.5. The second-order valence-corrected chi connectivity index (χ2v) is 5.52. The first-order valence-corrected chi connectivity index (χ1v) is 7.66. The molecule has 0 aliphatic carbocycles. The first-order chi connectivity index (χ1) is 11.5. The smallest absolute Gasteiger partial charge is 0.331 e. The third-order valence-corrected chi connectivity index (χ3v) is 3.49. The van der Waals surface area contributed by atoms with E-state index in [1.807, 2.05) is 38.1 Å². The fraction of sp³-hybridized carbons (Fsp3) is 0.250. The van der Waals surface area contributed by atoms with Crippen LogP contribution in [-0.2, 0) is 16.1 Å². The Labute approximate surface area is 142 Å². The van der Waals surface area contributed by atoms with Crippen LogP contribution < -0.4 is 9.47 Å². The van der Waals surface area contributed by atoms with Gasteiger partial charge in [-0.15, -0.1) is 0 Å². The largest absolute Gasteiger partial charge is 0.493 e. The number of methoxy groups -OCH3 is 2. The van der Waals surface area contributed by atoms with Gasteiger partial charge in [0, 0.05) is 11.6 Å². The quantitative estimate of drug-likeness (QED) is 0.593. The Kier molecular flexibility index (Phi) is 6.01. The summed E-state index contributed by atoms with van der Waals surface area (Å²) in [5.74, 6) is 0.792. The second-order valence-electron chi connectivity index (χ2n) is 5.52. The molecule has 0 fully saturated rings. The van der Waals surface area contributed by atoms with Crippen LogP contribution in [0.4, 0.5) is 0 Å². The van der Waals surface area contributed by atoms with Gasteiger partial charge < -0.3 is 14.2 Å². The summed E-state index contributed by atoms with van der Waals surface area (Å²) in [6.45, 7) is 4.29. The number of carbonyl (C=O) groups excluding carboxylic acids is 1. The SMILES string of the molecule is COc1cccc(/C=C/C(=O)OCc2cc(C)cc(C)c2)c1OC. The average molecular weight is 326 g/mol. The van der Waals surface area contributed by atoms with E-state index < -0.39 is 5.97 Å². The van der Waals surface area contributed by atoms with Crippen LogP contribution in [0.2, 0.25) is 0 Å². The van der Waals surface area contributed by atoms with Gasteiger partial charge in [-0.3, -0.25) is 0 Å². The lowest BCUT2D eigenvalue weighted by atomic mass is 10.1. The molecule has 4 heteroatoms. The summed E-state index contributed by atoms with van der Waals surface area (Å²) in [4.78, 5) is 11.9. The second kappa shape index (κ2) is 8.20. The minimum absolute atomic E-state index is 0.251. The Morgan fingerprint density at radius 2 is 1.75 bits per heavy atom. The molecule has 0 N–H and O–H groups in total. The van der Waals surface area contributed by atoms with Gasteiger partial charge in [0.1, 0.15) is 6.61 Å². The molecule has 0 aromatic heterocycles. The monoisotopic (exact) mass is 326 g/mol. The summed E-state index contributed by atoms with van der Waals surface area (Å²) >= 11 is 0. The van der Waals surface area contributed by atoms with Crippen LogP contribution in [-0.4, -0.2) is 20.2 Å². The van der Waals surface area contributed by atoms with Crippen molar-refractivity contribution < 1.29 is 19.0 Å². The molecule has 0 heterocycles. The van der Waals surface area contributed by atoms with Crippen molar-refractivity contribution in [1.82, 2.24) is 0 Å². The third-order valence-electron chi connectivity index (χ3n) is 3.49. The van der Waals surface area contributed by atoms with E-state index in [-0.39, 0.29) is 6.61 Å². The molecule has 0 radical (unpaired) electrons. The number of para-hydroxylation sites is 1. The van der Waals surface area contributed by atoms with E-state index >= 15 is 0 Å². The minimum atomic E-state index is -0.404. The topological polar surface area (TPSA) is 44.8 Å². The van der Waals surface area contributed by atoms with Crippen LogP contribution in [0.5, 0.6) is 11.5 Å². The molecule has 126 valence electrons. The fourth-order valence-electron chi connectivity index (χ4n) is 2.56. The average Bonchev–Trinajstić information content (AvgIpc) is 2.56. The molecule has 0 spiro atoms. The molecule has 2 aromatic carbocycles. The molecule has 4 nitrogen and oxygen atoms in total. The van der Waals surface area contributed by atoms with Gasteiger partial charge in [0.25, 0.3) is 0 Å². The number of esters is 1. The lowest BCUT2D eigenvalue weighted by Gasteiger charge is -2.09. The molecule has 0 atom stereocenters. The van der Waals surface area contributed by atoms with Gasteiger partial charge in [0.05, 0.1) is 14.2 Å². The molecule has 0 saturated heterocycles.